The Hall–Kier alpha value is -3.06. The molecule has 0 saturated carbocycles. The van der Waals surface area contributed by atoms with Crippen LogP contribution in [0.25, 0.3) is 11.4 Å². The molecule has 7 nitrogen and oxygen atoms in total. The average molecular weight is 381 g/mol. The van der Waals surface area contributed by atoms with Gasteiger partial charge in [0, 0.05) is 12.1 Å². The van der Waals surface area contributed by atoms with Gasteiger partial charge < -0.3 is 18.7 Å². The zero-order valence-electron chi connectivity index (χ0n) is 16.1. The van der Waals surface area contributed by atoms with E-state index in [9.17, 15) is 0 Å². The van der Waals surface area contributed by atoms with Crippen molar-refractivity contribution in [2.75, 3.05) is 19.9 Å². The molecular formula is C21H23N3O4. The average Bonchev–Trinajstić information content (AvgIpc) is 3.37. The molecule has 146 valence electrons. The minimum atomic E-state index is 0.284. The summed E-state index contributed by atoms with van der Waals surface area (Å²) in [7, 11) is 0. The minimum absolute atomic E-state index is 0.284. The maximum Gasteiger partial charge on any atom is 0.241 e. The van der Waals surface area contributed by atoms with Crippen LogP contribution in [0.3, 0.4) is 0 Å². The lowest BCUT2D eigenvalue weighted by Crippen LogP contribution is -2.22. The predicted molar refractivity (Wildman–Crippen MR) is 103 cm³/mol. The Morgan fingerprint density at radius 3 is 2.61 bits per heavy atom. The third kappa shape index (κ3) is 4.09. The van der Waals surface area contributed by atoms with Crippen LogP contribution < -0.4 is 14.2 Å². The van der Waals surface area contributed by atoms with Crippen LogP contribution in [0.1, 0.15) is 25.3 Å². The van der Waals surface area contributed by atoms with Crippen molar-refractivity contribution < 1.29 is 18.7 Å². The summed E-state index contributed by atoms with van der Waals surface area (Å²) < 4.78 is 21.8. The second-order valence-electron chi connectivity index (χ2n) is 6.46. The van der Waals surface area contributed by atoms with Gasteiger partial charge in [-0.25, -0.2) is 0 Å². The maximum absolute atomic E-state index is 5.47. The van der Waals surface area contributed by atoms with E-state index in [1.54, 1.807) is 0 Å². The summed E-state index contributed by atoms with van der Waals surface area (Å²) in [5, 5.41) is 4.11. The van der Waals surface area contributed by atoms with Crippen LogP contribution in [0.15, 0.2) is 47.0 Å². The molecule has 0 spiro atoms. The number of hydrogen-bond acceptors (Lipinski definition) is 7. The summed E-state index contributed by atoms with van der Waals surface area (Å²) in [6.07, 6.45) is 0. The minimum Gasteiger partial charge on any atom is -0.494 e. The van der Waals surface area contributed by atoms with Gasteiger partial charge in [0.05, 0.1) is 13.2 Å². The molecule has 0 aliphatic carbocycles. The van der Waals surface area contributed by atoms with Crippen molar-refractivity contribution in [2.24, 2.45) is 0 Å². The van der Waals surface area contributed by atoms with E-state index in [4.69, 9.17) is 18.7 Å². The van der Waals surface area contributed by atoms with Gasteiger partial charge in [0.25, 0.3) is 0 Å². The number of hydrogen-bond donors (Lipinski definition) is 0. The monoisotopic (exact) mass is 381 g/mol. The second-order valence-corrected chi connectivity index (χ2v) is 6.46. The molecule has 0 bridgehead atoms. The highest BCUT2D eigenvalue weighted by Gasteiger charge is 2.16. The predicted octanol–water partition coefficient (Wildman–Crippen LogP) is 3.89. The van der Waals surface area contributed by atoms with Gasteiger partial charge >= 0.3 is 0 Å². The Bertz CT molecular complexity index is 924. The first kappa shape index (κ1) is 18.3. The molecule has 0 amide bonds. The Labute approximate surface area is 163 Å². The highest BCUT2D eigenvalue weighted by molar-refractivity contribution is 5.55. The van der Waals surface area contributed by atoms with Crippen molar-refractivity contribution in [1.29, 1.82) is 0 Å². The quantitative estimate of drug-likeness (QED) is 0.586. The van der Waals surface area contributed by atoms with E-state index in [-0.39, 0.29) is 6.79 Å². The Balaban J connectivity index is 1.41. The zero-order chi connectivity index (χ0) is 19.3. The zero-order valence-corrected chi connectivity index (χ0v) is 16.1. The summed E-state index contributed by atoms with van der Waals surface area (Å²) in [5.74, 6) is 3.59. The van der Waals surface area contributed by atoms with E-state index in [1.165, 1.54) is 0 Å². The van der Waals surface area contributed by atoms with Gasteiger partial charge in [0.15, 0.2) is 11.5 Å². The number of rotatable bonds is 8. The Morgan fingerprint density at radius 2 is 1.82 bits per heavy atom. The van der Waals surface area contributed by atoms with Crippen molar-refractivity contribution in [2.45, 2.75) is 26.9 Å². The highest BCUT2D eigenvalue weighted by Crippen LogP contribution is 2.33. The topological polar surface area (TPSA) is 69.9 Å². The van der Waals surface area contributed by atoms with Crippen molar-refractivity contribution >= 4 is 0 Å². The lowest BCUT2D eigenvalue weighted by atomic mass is 10.2. The third-order valence-electron chi connectivity index (χ3n) is 4.54. The van der Waals surface area contributed by atoms with Crippen LogP contribution in [-0.4, -0.2) is 35.0 Å². The largest absolute Gasteiger partial charge is 0.494 e. The first-order valence-corrected chi connectivity index (χ1v) is 9.42. The van der Waals surface area contributed by atoms with Crippen LogP contribution in [0, 0.1) is 0 Å². The van der Waals surface area contributed by atoms with E-state index in [2.05, 4.69) is 28.0 Å². The summed E-state index contributed by atoms with van der Waals surface area (Å²) in [6, 6.07) is 13.7. The van der Waals surface area contributed by atoms with Gasteiger partial charge in [0.2, 0.25) is 18.5 Å². The molecule has 1 aromatic heterocycles. The van der Waals surface area contributed by atoms with E-state index in [1.807, 2.05) is 43.3 Å². The molecule has 28 heavy (non-hydrogen) atoms. The van der Waals surface area contributed by atoms with E-state index < -0.39 is 0 Å². The molecule has 4 rings (SSSR count). The summed E-state index contributed by atoms with van der Waals surface area (Å²) in [4.78, 5) is 6.77. The van der Waals surface area contributed by atoms with Gasteiger partial charge in [0.1, 0.15) is 5.75 Å². The fraction of sp³-hybridized carbons (Fsp3) is 0.333. The molecule has 0 radical (unpaired) electrons. The first-order chi connectivity index (χ1) is 13.7. The van der Waals surface area contributed by atoms with Gasteiger partial charge in [-0.05, 0) is 55.4 Å². The molecule has 2 aromatic carbocycles. The van der Waals surface area contributed by atoms with Crippen LogP contribution in [0.2, 0.25) is 0 Å². The fourth-order valence-electron chi connectivity index (χ4n) is 3.07. The van der Waals surface area contributed by atoms with Crippen LogP contribution in [0.5, 0.6) is 17.2 Å². The number of fused-ring (bicyclic) bond motifs is 1. The van der Waals surface area contributed by atoms with Gasteiger partial charge in [-0.15, -0.1) is 0 Å². The van der Waals surface area contributed by atoms with E-state index in [0.29, 0.717) is 24.9 Å². The van der Waals surface area contributed by atoms with E-state index >= 15 is 0 Å². The molecule has 0 fully saturated rings. The van der Waals surface area contributed by atoms with Crippen molar-refractivity contribution in [3.63, 3.8) is 0 Å². The molecule has 1 aliphatic heterocycles. The summed E-state index contributed by atoms with van der Waals surface area (Å²) in [6.45, 7) is 7.19. The van der Waals surface area contributed by atoms with E-state index in [0.717, 1.165) is 41.5 Å². The van der Waals surface area contributed by atoms with Gasteiger partial charge in [-0.3, -0.25) is 4.90 Å². The van der Waals surface area contributed by atoms with Crippen LogP contribution in [0.4, 0.5) is 0 Å². The number of ether oxygens (including phenoxy) is 3. The van der Waals surface area contributed by atoms with Crippen molar-refractivity contribution in [1.82, 2.24) is 15.0 Å². The lowest BCUT2D eigenvalue weighted by molar-refractivity contribution is 0.174. The Kier molecular flexibility index (Phi) is 5.43. The molecular weight excluding hydrogens is 358 g/mol. The molecule has 1 aliphatic rings. The van der Waals surface area contributed by atoms with Crippen molar-refractivity contribution in [3.05, 3.63) is 53.9 Å². The molecule has 0 saturated heterocycles. The molecule has 7 heteroatoms. The summed E-state index contributed by atoms with van der Waals surface area (Å²) in [5.41, 5.74) is 2.05. The van der Waals surface area contributed by atoms with Crippen LogP contribution in [-0.2, 0) is 13.1 Å². The maximum atomic E-state index is 5.47. The highest BCUT2D eigenvalue weighted by atomic mass is 16.7. The number of aromatic nitrogens is 2. The molecule has 3 aromatic rings. The first-order valence-electron chi connectivity index (χ1n) is 9.42. The smallest absolute Gasteiger partial charge is 0.241 e. The van der Waals surface area contributed by atoms with Gasteiger partial charge in [-0.1, -0.05) is 18.1 Å². The second kappa shape index (κ2) is 8.31. The third-order valence-corrected chi connectivity index (χ3v) is 4.54. The molecule has 0 unspecified atom stereocenters. The van der Waals surface area contributed by atoms with Crippen LogP contribution >= 0.6 is 0 Å². The number of nitrogens with zero attached hydrogens (tertiary/aromatic N) is 3. The lowest BCUT2D eigenvalue weighted by Gasteiger charge is -2.18. The standard InChI is InChI=1S/C21H23N3O4/c1-3-24(12-15-5-10-18-19(11-15)27-14-26-18)13-20-22-21(23-28-20)16-6-8-17(9-7-16)25-4-2/h5-11H,3-4,12-14H2,1-2H3. The van der Waals surface area contributed by atoms with Crippen molar-refractivity contribution in [3.8, 4) is 28.6 Å². The SMILES string of the molecule is CCOc1ccc(-c2noc(CN(CC)Cc3ccc4c(c3)OCO4)n2)cc1. The van der Waals surface area contributed by atoms with Gasteiger partial charge in [-0.2, -0.15) is 4.98 Å². The summed E-state index contributed by atoms with van der Waals surface area (Å²) >= 11 is 0. The molecule has 2 heterocycles. The normalized spacial score (nSPS) is 12.5. The number of benzene rings is 2. The molecule has 0 N–H and O–H groups in total. The Morgan fingerprint density at radius 1 is 1.00 bits per heavy atom. The molecule has 0 atom stereocenters. The fourth-order valence-corrected chi connectivity index (χ4v) is 3.07.